The molecule has 7 nitrogen and oxygen atoms in total. The number of urea groups is 1. The molecular formula is C18H27N5O2. The lowest BCUT2D eigenvalue weighted by Gasteiger charge is -2.15. The SMILES string of the molecule is CC(C)COCCCNC(=O)NC(C)c1ccc(-n2cncn2)cc1. The zero-order valence-corrected chi connectivity index (χ0v) is 15.1. The van der Waals surface area contributed by atoms with Crippen molar-refractivity contribution >= 4 is 6.03 Å². The second kappa shape index (κ2) is 9.78. The van der Waals surface area contributed by atoms with Crippen LogP contribution >= 0.6 is 0 Å². The van der Waals surface area contributed by atoms with Gasteiger partial charge in [0.25, 0.3) is 0 Å². The molecule has 0 saturated carbocycles. The van der Waals surface area contributed by atoms with Crippen LogP contribution in [0.15, 0.2) is 36.9 Å². The Hall–Kier alpha value is -2.41. The van der Waals surface area contributed by atoms with Crippen molar-refractivity contribution in [2.75, 3.05) is 19.8 Å². The highest BCUT2D eigenvalue weighted by Crippen LogP contribution is 2.14. The first-order chi connectivity index (χ1) is 12.1. The number of ether oxygens (including phenoxy) is 1. The number of carbonyl (C=O) groups is 1. The van der Waals surface area contributed by atoms with E-state index in [9.17, 15) is 4.79 Å². The van der Waals surface area contributed by atoms with E-state index in [1.54, 1.807) is 11.0 Å². The van der Waals surface area contributed by atoms with Crippen molar-refractivity contribution < 1.29 is 9.53 Å². The van der Waals surface area contributed by atoms with Gasteiger partial charge in [-0.15, -0.1) is 0 Å². The van der Waals surface area contributed by atoms with Crippen LogP contribution in [0.1, 0.15) is 38.8 Å². The Morgan fingerprint density at radius 2 is 2.00 bits per heavy atom. The van der Waals surface area contributed by atoms with E-state index in [-0.39, 0.29) is 12.1 Å². The third-order valence-electron chi connectivity index (χ3n) is 3.63. The largest absolute Gasteiger partial charge is 0.381 e. The molecule has 1 atom stereocenters. The number of amides is 2. The minimum absolute atomic E-state index is 0.0815. The zero-order valence-electron chi connectivity index (χ0n) is 15.1. The molecule has 0 bridgehead atoms. The van der Waals surface area contributed by atoms with Crippen molar-refractivity contribution in [3.63, 3.8) is 0 Å². The van der Waals surface area contributed by atoms with Gasteiger partial charge in [-0.1, -0.05) is 26.0 Å². The lowest BCUT2D eigenvalue weighted by molar-refractivity contribution is 0.108. The van der Waals surface area contributed by atoms with E-state index in [4.69, 9.17) is 4.74 Å². The summed E-state index contributed by atoms with van der Waals surface area (Å²) in [5.74, 6) is 0.535. The second-order valence-electron chi connectivity index (χ2n) is 6.38. The first-order valence-electron chi connectivity index (χ1n) is 8.63. The molecule has 2 rings (SSSR count). The highest BCUT2D eigenvalue weighted by atomic mass is 16.5. The first-order valence-corrected chi connectivity index (χ1v) is 8.63. The Bertz CT molecular complexity index is 625. The number of hydrogen-bond acceptors (Lipinski definition) is 4. The van der Waals surface area contributed by atoms with E-state index in [0.29, 0.717) is 19.1 Å². The normalized spacial score (nSPS) is 12.2. The summed E-state index contributed by atoms with van der Waals surface area (Å²) in [6.45, 7) is 8.21. The van der Waals surface area contributed by atoms with Crippen LogP contribution in [-0.4, -0.2) is 40.6 Å². The molecule has 0 aliphatic heterocycles. The molecule has 0 radical (unpaired) electrons. The van der Waals surface area contributed by atoms with Gasteiger partial charge in [-0.25, -0.2) is 14.5 Å². The molecule has 0 aliphatic rings. The summed E-state index contributed by atoms with van der Waals surface area (Å²) in [5.41, 5.74) is 1.96. The van der Waals surface area contributed by atoms with Crippen molar-refractivity contribution in [2.45, 2.75) is 33.2 Å². The molecule has 2 N–H and O–H groups in total. The number of carbonyl (C=O) groups excluding carboxylic acids is 1. The highest BCUT2D eigenvalue weighted by Gasteiger charge is 2.09. The molecule has 2 aromatic rings. The van der Waals surface area contributed by atoms with Gasteiger partial charge >= 0.3 is 6.03 Å². The summed E-state index contributed by atoms with van der Waals surface area (Å²) in [6.07, 6.45) is 3.95. The molecule has 1 unspecified atom stereocenters. The molecule has 0 spiro atoms. The van der Waals surface area contributed by atoms with E-state index < -0.39 is 0 Å². The van der Waals surface area contributed by atoms with Crippen molar-refractivity contribution in [1.82, 2.24) is 25.4 Å². The van der Waals surface area contributed by atoms with Gasteiger partial charge in [-0.3, -0.25) is 0 Å². The van der Waals surface area contributed by atoms with Crippen LogP contribution in [-0.2, 0) is 4.74 Å². The lowest BCUT2D eigenvalue weighted by atomic mass is 10.1. The van der Waals surface area contributed by atoms with E-state index in [0.717, 1.165) is 24.3 Å². The number of hydrogen-bond donors (Lipinski definition) is 2. The van der Waals surface area contributed by atoms with Crippen LogP contribution in [0.4, 0.5) is 4.79 Å². The Morgan fingerprint density at radius 3 is 2.64 bits per heavy atom. The van der Waals surface area contributed by atoms with Crippen LogP contribution in [0.3, 0.4) is 0 Å². The van der Waals surface area contributed by atoms with Gasteiger partial charge in [0.1, 0.15) is 12.7 Å². The van der Waals surface area contributed by atoms with Crippen molar-refractivity contribution in [1.29, 1.82) is 0 Å². The maximum absolute atomic E-state index is 11.9. The van der Waals surface area contributed by atoms with Gasteiger partial charge < -0.3 is 15.4 Å². The number of nitrogens with zero attached hydrogens (tertiary/aromatic N) is 3. The summed E-state index contributed by atoms with van der Waals surface area (Å²) < 4.78 is 7.18. The monoisotopic (exact) mass is 345 g/mol. The van der Waals surface area contributed by atoms with Crippen LogP contribution in [0.25, 0.3) is 5.69 Å². The fourth-order valence-electron chi connectivity index (χ4n) is 2.28. The number of rotatable bonds is 9. The smallest absolute Gasteiger partial charge is 0.315 e. The quantitative estimate of drug-likeness (QED) is 0.685. The Balaban J connectivity index is 1.70. The molecule has 2 amide bonds. The van der Waals surface area contributed by atoms with Gasteiger partial charge in [0.05, 0.1) is 11.7 Å². The molecule has 1 aromatic heterocycles. The second-order valence-corrected chi connectivity index (χ2v) is 6.38. The molecule has 136 valence electrons. The Morgan fingerprint density at radius 1 is 1.24 bits per heavy atom. The molecule has 7 heteroatoms. The average molecular weight is 345 g/mol. The fraction of sp³-hybridized carbons (Fsp3) is 0.500. The molecule has 0 aliphatic carbocycles. The first kappa shape index (κ1) is 18.9. The number of benzene rings is 1. The molecule has 0 saturated heterocycles. The summed E-state index contributed by atoms with van der Waals surface area (Å²) in [4.78, 5) is 15.9. The van der Waals surface area contributed by atoms with Crippen LogP contribution in [0.2, 0.25) is 0 Å². The Kier molecular flexibility index (Phi) is 7.40. The summed E-state index contributed by atoms with van der Waals surface area (Å²) in [6, 6.07) is 7.60. The maximum Gasteiger partial charge on any atom is 0.315 e. The standard InChI is InChI=1S/C18H27N5O2/c1-14(2)11-25-10-4-9-20-18(24)22-15(3)16-5-7-17(8-6-16)23-13-19-12-21-23/h5-8,12-15H,4,9-11H2,1-3H3,(H2,20,22,24). The minimum atomic E-state index is -0.170. The van der Waals surface area contributed by atoms with E-state index in [1.807, 2.05) is 31.2 Å². The fourth-order valence-corrected chi connectivity index (χ4v) is 2.28. The summed E-state index contributed by atoms with van der Waals surface area (Å²) in [5, 5.41) is 9.88. The van der Waals surface area contributed by atoms with Gasteiger partial charge in [0.2, 0.25) is 0 Å². The van der Waals surface area contributed by atoms with Crippen LogP contribution in [0.5, 0.6) is 0 Å². The van der Waals surface area contributed by atoms with Gasteiger partial charge in [-0.2, -0.15) is 5.10 Å². The van der Waals surface area contributed by atoms with E-state index in [2.05, 4.69) is 34.6 Å². The summed E-state index contributed by atoms with van der Waals surface area (Å²) in [7, 11) is 0. The van der Waals surface area contributed by atoms with Crippen LogP contribution in [0, 0.1) is 5.92 Å². The lowest BCUT2D eigenvalue weighted by Crippen LogP contribution is -2.37. The summed E-state index contributed by atoms with van der Waals surface area (Å²) >= 11 is 0. The Labute approximate surface area is 148 Å². The van der Waals surface area contributed by atoms with Gasteiger partial charge in [0.15, 0.2) is 0 Å². The molecule has 25 heavy (non-hydrogen) atoms. The van der Waals surface area contributed by atoms with Gasteiger partial charge in [0, 0.05) is 19.8 Å². The topological polar surface area (TPSA) is 81.1 Å². The van der Waals surface area contributed by atoms with E-state index >= 15 is 0 Å². The molecular weight excluding hydrogens is 318 g/mol. The zero-order chi connectivity index (χ0) is 18.1. The third-order valence-corrected chi connectivity index (χ3v) is 3.63. The number of nitrogens with one attached hydrogen (secondary N) is 2. The predicted octanol–water partition coefficient (Wildman–Crippen LogP) is 2.69. The van der Waals surface area contributed by atoms with Crippen LogP contribution < -0.4 is 10.6 Å². The average Bonchev–Trinajstić information content (AvgIpc) is 3.12. The van der Waals surface area contributed by atoms with E-state index in [1.165, 1.54) is 6.33 Å². The van der Waals surface area contributed by atoms with Gasteiger partial charge in [-0.05, 0) is 37.0 Å². The molecule has 1 aromatic carbocycles. The third kappa shape index (κ3) is 6.54. The molecule has 1 heterocycles. The minimum Gasteiger partial charge on any atom is -0.381 e. The predicted molar refractivity (Wildman–Crippen MR) is 96.6 cm³/mol. The van der Waals surface area contributed by atoms with Crippen molar-refractivity contribution in [3.8, 4) is 5.69 Å². The number of aromatic nitrogens is 3. The highest BCUT2D eigenvalue weighted by molar-refractivity contribution is 5.74. The molecule has 0 fully saturated rings. The van der Waals surface area contributed by atoms with Crippen molar-refractivity contribution in [2.24, 2.45) is 5.92 Å². The maximum atomic E-state index is 11.9. The van der Waals surface area contributed by atoms with Crippen molar-refractivity contribution in [3.05, 3.63) is 42.5 Å².